The standard InChI is InChI=1S/C16H16FN/c1-12(14-9-5-6-10-15(14)17)11-16(18)13-7-3-2-4-8-13/h2-10,16H,1,11,18H2. The molecule has 2 heteroatoms. The first kappa shape index (κ1) is 12.5. The van der Waals surface area contributed by atoms with Crippen LogP contribution in [0.4, 0.5) is 4.39 Å². The van der Waals surface area contributed by atoms with Gasteiger partial charge < -0.3 is 5.73 Å². The Morgan fingerprint density at radius 3 is 2.33 bits per heavy atom. The van der Waals surface area contributed by atoms with E-state index in [-0.39, 0.29) is 11.9 Å². The normalized spacial score (nSPS) is 12.1. The van der Waals surface area contributed by atoms with E-state index in [2.05, 4.69) is 6.58 Å². The monoisotopic (exact) mass is 241 g/mol. The Morgan fingerprint density at radius 2 is 1.67 bits per heavy atom. The second kappa shape index (κ2) is 5.61. The molecule has 92 valence electrons. The molecule has 1 nitrogen and oxygen atoms in total. The van der Waals surface area contributed by atoms with Crippen molar-refractivity contribution < 1.29 is 4.39 Å². The van der Waals surface area contributed by atoms with E-state index in [1.807, 2.05) is 30.3 Å². The highest BCUT2D eigenvalue weighted by molar-refractivity contribution is 5.64. The first-order chi connectivity index (χ1) is 8.68. The Kier molecular flexibility index (Phi) is 3.90. The number of halogens is 1. The van der Waals surface area contributed by atoms with Crippen LogP contribution < -0.4 is 5.73 Å². The van der Waals surface area contributed by atoms with E-state index in [9.17, 15) is 4.39 Å². The Morgan fingerprint density at radius 1 is 1.06 bits per heavy atom. The molecular weight excluding hydrogens is 225 g/mol. The van der Waals surface area contributed by atoms with Gasteiger partial charge in [0.2, 0.25) is 0 Å². The highest BCUT2D eigenvalue weighted by Crippen LogP contribution is 2.25. The van der Waals surface area contributed by atoms with E-state index >= 15 is 0 Å². The molecule has 0 fully saturated rings. The minimum atomic E-state index is -0.247. The maximum absolute atomic E-state index is 13.6. The van der Waals surface area contributed by atoms with Crippen LogP contribution in [0.15, 0.2) is 61.2 Å². The molecular formula is C16H16FN. The molecule has 0 radical (unpaired) electrons. The lowest BCUT2D eigenvalue weighted by molar-refractivity contribution is 0.621. The van der Waals surface area contributed by atoms with E-state index in [1.54, 1.807) is 18.2 Å². The van der Waals surface area contributed by atoms with Crippen molar-refractivity contribution >= 4 is 5.57 Å². The van der Waals surface area contributed by atoms with Gasteiger partial charge in [-0.1, -0.05) is 55.1 Å². The van der Waals surface area contributed by atoms with Crippen LogP contribution >= 0.6 is 0 Å². The highest BCUT2D eigenvalue weighted by Gasteiger charge is 2.11. The van der Waals surface area contributed by atoms with Gasteiger partial charge in [0.05, 0.1) is 0 Å². The van der Waals surface area contributed by atoms with Gasteiger partial charge in [0, 0.05) is 11.6 Å². The minimum Gasteiger partial charge on any atom is -0.324 e. The fraction of sp³-hybridized carbons (Fsp3) is 0.125. The van der Waals surface area contributed by atoms with E-state index < -0.39 is 0 Å². The molecule has 0 heterocycles. The summed E-state index contributed by atoms with van der Waals surface area (Å²) >= 11 is 0. The molecule has 2 aromatic carbocycles. The Hall–Kier alpha value is -1.93. The van der Waals surface area contributed by atoms with E-state index in [1.165, 1.54) is 6.07 Å². The summed E-state index contributed by atoms with van der Waals surface area (Å²) in [5, 5.41) is 0. The second-order valence-electron chi connectivity index (χ2n) is 4.30. The van der Waals surface area contributed by atoms with Crippen molar-refractivity contribution in [3.8, 4) is 0 Å². The van der Waals surface area contributed by atoms with Crippen LogP contribution in [0.2, 0.25) is 0 Å². The van der Waals surface area contributed by atoms with E-state index in [0.29, 0.717) is 12.0 Å². The maximum atomic E-state index is 13.6. The van der Waals surface area contributed by atoms with E-state index in [0.717, 1.165) is 11.1 Å². The van der Waals surface area contributed by atoms with Crippen molar-refractivity contribution in [2.24, 2.45) is 5.73 Å². The van der Waals surface area contributed by atoms with Crippen LogP contribution in [-0.2, 0) is 0 Å². The number of hydrogen-bond acceptors (Lipinski definition) is 1. The van der Waals surface area contributed by atoms with Gasteiger partial charge in [-0.3, -0.25) is 0 Å². The summed E-state index contributed by atoms with van der Waals surface area (Å²) in [5.74, 6) is -0.247. The van der Waals surface area contributed by atoms with Crippen LogP contribution in [0, 0.1) is 5.82 Å². The predicted octanol–water partition coefficient (Wildman–Crippen LogP) is 3.93. The topological polar surface area (TPSA) is 26.0 Å². The molecule has 2 N–H and O–H groups in total. The van der Waals surface area contributed by atoms with Crippen molar-refractivity contribution in [1.82, 2.24) is 0 Å². The molecule has 0 aliphatic heterocycles. The largest absolute Gasteiger partial charge is 0.324 e. The Bertz CT molecular complexity index is 534. The first-order valence-corrected chi connectivity index (χ1v) is 5.91. The van der Waals surface area contributed by atoms with Gasteiger partial charge >= 0.3 is 0 Å². The zero-order valence-corrected chi connectivity index (χ0v) is 10.1. The molecule has 18 heavy (non-hydrogen) atoms. The summed E-state index contributed by atoms with van der Waals surface area (Å²) in [4.78, 5) is 0. The summed E-state index contributed by atoms with van der Waals surface area (Å²) < 4.78 is 13.6. The number of benzene rings is 2. The summed E-state index contributed by atoms with van der Waals surface area (Å²) in [6, 6.07) is 16.3. The lowest BCUT2D eigenvalue weighted by atomic mass is 9.96. The number of rotatable bonds is 4. The fourth-order valence-corrected chi connectivity index (χ4v) is 1.94. The van der Waals surface area contributed by atoms with E-state index in [4.69, 9.17) is 5.73 Å². The van der Waals surface area contributed by atoms with Crippen molar-refractivity contribution in [3.05, 3.63) is 78.1 Å². The van der Waals surface area contributed by atoms with Crippen LogP contribution in [0.5, 0.6) is 0 Å². The third kappa shape index (κ3) is 2.84. The van der Waals surface area contributed by atoms with Crippen LogP contribution in [-0.4, -0.2) is 0 Å². The minimum absolute atomic E-state index is 0.154. The smallest absolute Gasteiger partial charge is 0.130 e. The predicted molar refractivity (Wildman–Crippen MR) is 73.4 cm³/mol. The molecule has 0 bridgehead atoms. The van der Waals surface area contributed by atoms with Crippen LogP contribution in [0.1, 0.15) is 23.6 Å². The van der Waals surface area contributed by atoms with Crippen molar-refractivity contribution in [1.29, 1.82) is 0 Å². The molecule has 1 atom stereocenters. The first-order valence-electron chi connectivity index (χ1n) is 5.91. The molecule has 1 unspecified atom stereocenters. The molecule has 0 spiro atoms. The van der Waals surface area contributed by atoms with Crippen molar-refractivity contribution in [2.45, 2.75) is 12.5 Å². The lowest BCUT2D eigenvalue weighted by Gasteiger charge is -2.14. The SMILES string of the molecule is C=C(CC(N)c1ccccc1)c1ccccc1F. The quantitative estimate of drug-likeness (QED) is 0.862. The Labute approximate surface area is 107 Å². The average Bonchev–Trinajstić information content (AvgIpc) is 2.40. The molecule has 0 aromatic heterocycles. The molecule has 2 rings (SSSR count). The average molecular weight is 241 g/mol. The lowest BCUT2D eigenvalue weighted by Crippen LogP contribution is -2.10. The third-order valence-corrected chi connectivity index (χ3v) is 2.95. The molecule has 0 amide bonds. The fourth-order valence-electron chi connectivity index (χ4n) is 1.94. The number of hydrogen-bond donors (Lipinski definition) is 1. The van der Waals surface area contributed by atoms with Gasteiger partial charge in [-0.05, 0) is 23.6 Å². The van der Waals surface area contributed by atoms with Gasteiger partial charge in [0.25, 0.3) is 0 Å². The van der Waals surface area contributed by atoms with Crippen LogP contribution in [0.3, 0.4) is 0 Å². The molecule has 2 aromatic rings. The maximum Gasteiger partial charge on any atom is 0.130 e. The van der Waals surface area contributed by atoms with Gasteiger partial charge in [0.1, 0.15) is 5.82 Å². The van der Waals surface area contributed by atoms with Crippen LogP contribution in [0.25, 0.3) is 5.57 Å². The second-order valence-corrected chi connectivity index (χ2v) is 4.30. The summed E-state index contributed by atoms with van der Waals surface area (Å²) in [6.07, 6.45) is 0.547. The molecule has 0 aliphatic rings. The Balaban J connectivity index is 2.11. The zero-order valence-electron chi connectivity index (χ0n) is 10.1. The summed E-state index contributed by atoms with van der Waals surface area (Å²) in [6.45, 7) is 3.93. The number of nitrogens with two attached hydrogens (primary N) is 1. The summed E-state index contributed by atoms with van der Waals surface area (Å²) in [7, 11) is 0. The highest BCUT2D eigenvalue weighted by atomic mass is 19.1. The van der Waals surface area contributed by atoms with Gasteiger partial charge in [-0.2, -0.15) is 0 Å². The molecule has 0 saturated carbocycles. The van der Waals surface area contributed by atoms with Gasteiger partial charge in [-0.25, -0.2) is 4.39 Å². The van der Waals surface area contributed by atoms with Gasteiger partial charge in [-0.15, -0.1) is 0 Å². The third-order valence-electron chi connectivity index (χ3n) is 2.95. The zero-order chi connectivity index (χ0) is 13.0. The van der Waals surface area contributed by atoms with Crippen molar-refractivity contribution in [2.75, 3.05) is 0 Å². The molecule has 0 aliphatic carbocycles. The van der Waals surface area contributed by atoms with Gasteiger partial charge in [0.15, 0.2) is 0 Å². The summed E-state index contributed by atoms with van der Waals surface area (Å²) in [5.41, 5.74) is 8.41. The van der Waals surface area contributed by atoms with Crippen molar-refractivity contribution in [3.63, 3.8) is 0 Å². The molecule has 0 saturated heterocycles.